The van der Waals surface area contributed by atoms with Crippen molar-refractivity contribution in [2.24, 2.45) is 0 Å². The SMILES string of the molecule is O=C(COC(=O)CN1CCCCCC1=O)NC1CCOc2ccccc21. The molecule has 3 rings (SSSR count). The summed E-state index contributed by atoms with van der Waals surface area (Å²) in [6.07, 6.45) is 3.88. The van der Waals surface area contributed by atoms with Crippen LogP contribution in [0.5, 0.6) is 5.75 Å². The van der Waals surface area contributed by atoms with E-state index in [9.17, 15) is 14.4 Å². The van der Waals surface area contributed by atoms with Crippen molar-refractivity contribution in [1.29, 1.82) is 0 Å². The van der Waals surface area contributed by atoms with Crippen molar-refractivity contribution in [3.8, 4) is 5.75 Å². The van der Waals surface area contributed by atoms with Crippen LogP contribution in [0, 0.1) is 0 Å². The normalized spacial score (nSPS) is 19.8. The topological polar surface area (TPSA) is 84.9 Å². The van der Waals surface area contributed by atoms with E-state index in [1.54, 1.807) is 0 Å². The molecule has 0 aromatic heterocycles. The summed E-state index contributed by atoms with van der Waals surface area (Å²) < 4.78 is 10.6. The monoisotopic (exact) mass is 360 g/mol. The number of carbonyl (C=O) groups excluding carboxylic acids is 3. The van der Waals surface area contributed by atoms with Crippen molar-refractivity contribution in [3.05, 3.63) is 29.8 Å². The Balaban J connectivity index is 1.45. The predicted octanol–water partition coefficient (Wildman–Crippen LogP) is 1.57. The zero-order valence-corrected chi connectivity index (χ0v) is 14.7. The number of likely N-dealkylation sites (tertiary alicyclic amines) is 1. The van der Waals surface area contributed by atoms with Gasteiger partial charge < -0.3 is 19.7 Å². The molecule has 7 nitrogen and oxygen atoms in total. The van der Waals surface area contributed by atoms with E-state index in [4.69, 9.17) is 9.47 Å². The van der Waals surface area contributed by atoms with E-state index in [1.165, 1.54) is 4.90 Å². The van der Waals surface area contributed by atoms with E-state index in [1.807, 2.05) is 24.3 Å². The first-order valence-corrected chi connectivity index (χ1v) is 9.08. The summed E-state index contributed by atoms with van der Waals surface area (Å²) in [6, 6.07) is 7.40. The maximum Gasteiger partial charge on any atom is 0.326 e. The average molecular weight is 360 g/mol. The third-order valence-electron chi connectivity index (χ3n) is 4.65. The van der Waals surface area contributed by atoms with E-state index >= 15 is 0 Å². The lowest BCUT2D eigenvalue weighted by Crippen LogP contribution is -2.38. The summed E-state index contributed by atoms with van der Waals surface area (Å²) in [5.74, 6) is -0.173. The number of para-hydroxylation sites is 1. The molecule has 2 aliphatic heterocycles. The maximum absolute atomic E-state index is 12.1. The number of hydrogen-bond acceptors (Lipinski definition) is 5. The second-order valence-corrected chi connectivity index (χ2v) is 6.58. The fourth-order valence-electron chi connectivity index (χ4n) is 3.28. The summed E-state index contributed by atoms with van der Waals surface area (Å²) in [5, 5.41) is 2.88. The molecule has 0 radical (unpaired) electrons. The number of fused-ring (bicyclic) bond motifs is 1. The van der Waals surface area contributed by atoms with Crippen LogP contribution in [0.25, 0.3) is 0 Å². The quantitative estimate of drug-likeness (QED) is 0.806. The molecule has 2 heterocycles. The third-order valence-corrected chi connectivity index (χ3v) is 4.65. The average Bonchev–Trinajstić information content (AvgIpc) is 2.85. The number of nitrogens with one attached hydrogen (secondary N) is 1. The molecule has 1 atom stereocenters. The van der Waals surface area contributed by atoms with Crippen LogP contribution in [0.15, 0.2) is 24.3 Å². The molecule has 1 aromatic rings. The highest BCUT2D eigenvalue weighted by molar-refractivity contribution is 5.84. The van der Waals surface area contributed by atoms with Crippen LogP contribution in [0.4, 0.5) is 0 Å². The van der Waals surface area contributed by atoms with Crippen molar-refractivity contribution in [2.45, 2.75) is 38.1 Å². The van der Waals surface area contributed by atoms with Crippen molar-refractivity contribution < 1.29 is 23.9 Å². The van der Waals surface area contributed by atoms with Gasteiger partial charge >= 0.3 is 5.97 Å². The van der Waals surface area contributed by atoms with Gasteiger partial charge in [0.2, 0.25) is 5.91 Å². The molecule has 1 N–H and O–H groups in total. The van der Waals surface area contributed by atoms with Crippen LogP contribution in [-0.2, 0) is 19.1 Å². The number of carbonyl (C=O) groups is 3. The second-order valence-electron chi connectivity index (χ2n) is 6.58. The van der Waals surface area contributed by atoms with E-state index in [2.05, 4.69) is 5.32 Å². The second kappa shape index (κ2) is 8.69. The smallest absolute Gasteiger partial charge is 0.326 e. The summed E-state index contributed by atoms with van der Waals surface area (Å²) in [7, 11) is 0. The largest absolute Gasteiger partial charge is 0.493 e. The molecule has 7 heteroatoms. The van der Waals surface area contributed by atoms with E-state index in [0.717, 1.165) is 30.6 Å². The standard InChI is InChI=1S/C19H24N2O5/c22-17(20-15-9-11-25-16-7-4-3-6-14(15)16)13-26-19(24)12-21-10-5-1-2-8-18(21)23/h3-4,6-7,15H,1-2,5,8-13H2,(H,20,22). The summed E-state index contributed by atoms with van der Waals surface area (Å²) in [4.78, 5) is 37.5. The Morgan fingerprint density at radius 1 is 1.23 bits per heavy atom. The van der Waals surface area contributed by atoms with Gasteiger partial charge in [0.1, 0.15) is 12.3 Å². The minimum atomic E-state index is -0.553. The van der Waals surface area contributed by atoms with Crippen LogP contribution in [0.3, 0.4) is 0 Å². The first kappa shape index (κ1) is 18.2. The molecule has 1 aromatic carbocycles. The number of nitrogens with zero attached hydrogens (tertiary/aromatic N) is 1. The van der Waals surface area contributed by atoms with Crippen LogP contribution >= 0.6 is 0 Å². The summed E-state index contributed by atoms with van der Waals surface area (Å²) >= 11 is 0. The molecule has 0 aliphatic carbocycles. The maximum atomic E-state index is 12.1. The molecule has 2 amide bonds. The molecule has 140 valence electrons. The van der Waals surface area contributed by atoms with Gasteiger partial charge in [-0.25, -0.2) is 0 Å². The van der Waals surface area contributed by atoms with Gasteiger partial charge in [0.25, 0.3) is 5.91 Å². The third kappa shape index (κ3) is 4.74. The number of rotatable bonds is 5. The molecule has 26 heavy (non-hydrogen) atoms. The molecule has 0 saturated carbocycles. The van der Waals surface area contributed by atoms with E-state index < -0.39 is 5.97 Å². The Kier molecular flexibility index (Phi) is 6.09. The molecule has 1 unspecified atom stereocenters. The van der Waals surface area contributed by atoms with Gasteiger partial charge in [-0.1, -0.05) is 24.6 Å². The summed E-state index contributed by atoms with van der Waals surface area (Å²) in [5.41, 5.74) is 0.925. The van der Waals surface area contributed by atoms with Gasteiger partial charge in [-0.05, 0) is 18.9 Å². The molecular weight excluding hydrogens is 336 g/mol. The van der Waals surface area contributed by atoms with E-state index in [-0.39, 0.29) is 31.0 Å². The zero-order chi connectivity index (χ0) is 18.4. The molecule has 1 fully saturated rings. The zero-order valence-electron chi connectivity index (χ0n) is 14.7. The minimum Gasteiger partial charge on any atom is -0.493 e. The van der Waals surface area contributed by atoms with Gasteiger partial charge in [-0.15, -0.1) is 0 Å². The highest BCUT2D eigenvalue weighted by Crippen LogP contribution is 2.31. The molecular formula is C19H24N2O5. The first-order chi connectivity index (χ1) is 12.6. The van der Waals surface area contributed by atoms with Gasteiger partial charge in [0.15, 0.2) is 6.61 Å². The van der Waals surface area contributed by atoms with Gasteiger partial charge in [-0.3, -0.25) is 14.4 Å². The molecule has 2 aliphatic rings. The fourth-order valence-corrected chi connectivity index (χ4v) is 3.28. The number of esters is 1. The Morgan fingerprint density at radius 3 is 2.96 bits per heavy atom. The molecule has 0 bridgehead atoms. The highest BCUT2D eigenvalue weighted by atomic mass is 16.5. The first-order valence-electron chi connectivity index (χ1n) is 9.08. The fraction of sp³-hybridized carbons (Fsp3) is 0.526. The van der Waals surface area contributed by atoms with Crippen molar-refractivity contribution in [3.63, 3.8) is 0 Å². The van der Waals surface area contributed by atoms with Crippen LogP contribution < -0.4 is 10.1 Å². The Bertz CT molecular complexity index is 676. The highest BCUT2D eigenvalue weighted by Gasteiger charge is 2.24. The van der Waals surface area contributed by atoms with Crippen LogP contribution in [0.2, 0.25) is 0 Å². The van der Waals surface area contributed by atoms with Gasteiger partial charge in [0, 0.05) is 24.9 Å². The minimum absolute atomic E-state index is 0.0253. The number of hydrogen-bond donors (Lipinski definition) is 1. The van der Waals surface area contributed by atoms with Crippen LogP contribution in [0.1, 0.15) is 43.7 Å². The van der Waals surface area contributed by atoms with Crippen molar-refractivity contribution in [2.75, 3.05) is 26.3 Å². The lowest BCUT2D eigenvalue weighted by Gasteiger charge is -2.26. The molecule has 0 spiro atoms. The van der Waals surface area contributed by atoms with Crippen LogP contribution in [-0.4, -0.2) is 49.0 Å². The van der Waals surface area contributed by atoms with Crippen molar-refractivity contribution >= 4 is 17.8 Å². The number of amides is 2. The van der Waals surface area contributed by atoms with Crippen molar-refractivity contribution in [1.82, 2.24) is 10.2 Å². The predicted molar refractivity (Wildman–Crippen MR) is 93.4 cm³/mol. The van der Waals surface area contributed by atoms with Gasteiger partial charge in [0.05, 0.1) is 12.6 Å². The Labute approximate surface area is 152 Å². The number of benzene rings is 1. The Hall–Kier alpha value is -2.57. The number of ether oxygens (including phenoxy) is 2. The van der Waals surface area contributed by atoms with Gasteiger partial charge in [-0.2, -0.15) is 0 Å². The summed E-state index contributed by atoms with van der Waals surface area (Å²) in [6.45, 7) is 0.657. The Morgan fingerprint density at radius 2 is 2.08 bits per heavy atom. The lowest BCUT2D eigenvalue weighted by molar-refractivity contribution is -0.152. The van der Waals surface area contributed by atoms with E-state index in [0.29, 0.717) is 26.0 Å². The lowest BCUT2D eigenvalue weighted by atomic mass is 10.0. The molecule has 1 saturated heterocycles.